The quantitative estimate of drug-likeness (QED) is 0.725. The lowest BCUT2D eigenvalue weighted by atomic mass is 9.96. The lowest BCUT2D eigenvalue weighted by molar-refractivity contribution is 0.103. The topological polar surface area (TPSA) is 17.1 Å². The molecule has 0 bridgehead atoms. The number of hydrogen-bond acceptors (Lipinski definition) is 1. The van der Waals surface area contributed by atoms with Gasteiger partial charge in [0.05, 0.1) is 0 Å². The Morgan fingerprint density at radius 1 is 1.00 bits per heavy atom. The van der Waals surface area contributed by atoms with Gasteiger partial charge in [-0.2, -0.15) is 0 Å². The minimum Gasteiger partial charge on any atom is -0.289 e. The molecular weight excluding hydrogens is 244 g/mol. The number of hydrogen-bond donors (Lipinski definition) is 0. The molecule has 2 aromatic rings. The third kappa shape index (κ3) is 2.46. The first-order valence-electron chi connectivity index (χ1n) is 5.87. The Morgan fingerprint density at radius 3 is 2.39 bits per heavy atom. The Morgan fingerprint density at radius 2 is 1.72 bits per heavy atom. The summed E-state index contributed by atoms with van der Waals surface area (Å²) in [5.74, 6) is 0.0518. The molecule has 0 aliphatic carbocycles. The summed E-state index contributed by atoms with van der Waals surface area (Å²) in [6, 6.07) is 11.4. The van der Waals surface area contributed by atoms with Gasteiger partial charge in [0.1, 0.15) is 0 Å². The molecular formula is C16H15ClO. The molecule has 0 saturated heterocycles. The monoisotopic (exact) mass is 258 g/mol. The van der Waals surface area contributed by atoms with E-state index in [2.05, 4.69) is 0 Å². The lowest BCUT2D eigenvalue weighted by Gasteiger charge is -2.08. The summed E-state index contributed by atoms with van der Waals surface area (Å²) in [7, 11) is 0. The molecule has 0 atom stereocenters. The Balaban J connectivity index is 2.49. The normalized spacial score (nSPS) is 10.4. The smallest absolute Gasteiger partial charge is 0.193 e. The summed E-state index contributed by atoms with van der Waals surface area (Å²) in [6.07, 6.45) is 0. The van der Waals surface area contributed by atoms with Gasteiger partial charge in [0.2, 0.25) is 0 Å². The second kappa shape index (κ2) is 4.95. The van der Waals surface area contributed by atoms with Crippen molar-refractivity contribution in [2.75, 3.05) is 0 Å². The van der Waals surface area contributed by atoms with Crippen LogP contribution in [0.2, 0.25) is 5.02 Å². The van der Waals surface area contributed by atoms with E-state index in [1.807, 2.05) is 57.2 Å². The van der Waals surface area contributed by atoms with Crippen molar-refractivity contribution >= 4 is 17.4 Å². The first kappa shape index (κ1) is 12.8. The van der Waals surface area contributed by atoms with Crippen LogP contribution in [0.4, 0.5) is 0 Å². The van der Waals surface area contributed by atoms with E-state index in [9.17, 15) is 4.79 Å². The summed E-state index contributed by atoms with van der Waals surface area (Å²) in [4.78, 5) is 12.4. The van der Waals surface area contributed by atoms with Gasteiger partial charge >= 0.3 is 0 Å². The van der Waals surface area contributed by atoms with Crippen LogP contribution in [-0.2, 0) is 0 Å². The Kier molecular flexibility index (Phi) is 3.53. The Bertz CT molecular complexity index is 614. The Hall–Kier alpha value is -1.60. The number of carbonyl (C=O) groups is 1. The lowest BCUT2D eigenvalue weighted by Crippen LogP contribution is -2.04. The van der Waals surface area contributed by atoms with E-state index in [-0.39, 0.29) is 5.78 Å². The van der Waals surface area contributed by atoms with Gasteiger partial charge < -0.3 is 0 Å². The van der Waals surface area contributed by atoms with Gasteiger partial charge in [-0.3, -0.25) is 4.79 Å². The van der Waals surface area contributed by atoms with Crippen molar-refractivity contribution in [3.05, 3.63) is 69.2 Å². The molecule has 0 aromatic heterocycles. The molecule has 18 heavy (non-hydrogen) atoms. The standard InChI is InChI=1S/C16H15ClO/c1-10-5-4-6-13(7-10)16(18)14-8-12(3)15(17)9-11(14)2/h4-9H,1-3H3. The predicted octanol–water partition coefficient (Wildman–Crippen LogP) is 4.50. The van der Waals surface area contributed by atoms with Crippen LogP contribution in [0, 0.1) is 20.8 Å². The van der Waals surface area contributed by atoms with Gasteiger partial charge in [-0.25, -0.2) is 0 Å². The third-order valence-electron chi connectivity index (χ3n) is 3.03. The third-order valence-corrected chi connectivity index (χ3v) is 3.44. The van der Waals surface area contributed by atoms with Crippen LogP contribution in [0.15, 0.2) is 36.4 Å². The maximum absolute atomic E-state index is 12.4. The van der Waals surface area contributed by atoms with E-state index in [4.69, 9.17) is 11.6 Å². The molecule has 0 heterocycles. The zero-order valence-corrected chi connectivity index (χ0v) is 11.5. The fraction of sp³-hybridized carbons (Fsp3) is 0.188. The number of benzene rings is 2. The number of rotatable bonds is 2. The average molecular weight is 259 g/mol. The number of carbonyl (C=O) groups excluding carboxylic acids is 1. The molecule has 2 heteroatoms. The summed E-state index contributed by atoms with van der Waals surface area (Å²) < 4.78 is 0. The van der Waals surface area contributed by atoms with E-state index in [1.54, 1.807) is 0 Å². The van der Waals surface area contributed by atoms with Gasteiger partial charge in [-0.05, 0) is 50.1 Å². The van der Waals surface area contributed by atoms with E-state index in [0.717, 1.165) is 27.8 Å². The van der Waals surface area contributed by atoms with E-state index < -0.39 is 0 Å². The molecule has 0 N–H and O–H groups in total. The van der Waals surface area contributed by atoms with Crippen LogP contribution in [-0.4, -0.2) is 5.78 Å². The number of halogens is 1. The second-order valence-electron chi connectivity index (χ2n) is 4.61. The predicted molar refractivity (Wildman–Crippen MR) is 75.5 cm³/mol. The van der Waals surface area contributed by atoms with Crippen molar-refractivity contribution in [2.24, 2.45) is 0 Å². The summed E-state index contributed by atoms with van der Waals surface area (Å²) in [5, 5.41) is 0.702. The molecule has 0 spiro atoms. The van der Waals surface area contributed by atoms with E-state index >= 15 is 0 Å². The van der Waals surface area contributed by atoms with Gasteiger partial charge in [-0.15, -0.1) is 0 Å². The van der Waals surface area contributed by atoms with Gasteiger partial charge in [0, 0.05) is 16.1 Å². The first-order valence-corrected chi connectivity index (χ1v) is 6.25. The van der Waals surface area contributed by atoms with Crippen molar-refractivity contribution in [3.63, 3.8) is 0 Å². The molecule has 2 rings (SSSR count). The molecule has 0 aliphatic rings. The van der Waals surface area contributed by atoms with Gasteiger partial charge in [0.15, 0.2) is 5.78 Å². The van der Waals surface area contributed by atoms with Crippen LogP contribution < -0.4 is 0 Å². The summed E-state index contributed by atoms with van der Waals surface area (Å²) in [5.41, 5.74) is 4.38. The maximum atomic E-state index is 12.4. The van der Waals surface area contributed by atoms with Gasteiger partial charge in [-0.1, -0.05) is 35.4 Å². The highest BCUT2D eigenvalue weighted by Crippen LogP contribution is 2.22. The molecule has 0 aliphatic heterocycles. The van der Waals surface area contributed by atoms with E-state index in [0.29, 0.717) is 5.02 Å². The average Bonchev–Trinajstić information content (AvgIpc) is 2.33. The van der Waals surface area contributed by atoms with Crippen molar-refractivity contribution in [3.8, 4) is 0 Å². The Labute approximate surface area is 112 Å². The fourth-order valence-corrected chi connectivity index (χ4v) is 2.19. The number of aryl methyl sites for hydroxylation is 3. The van der Waals surface area contributed by atoms with Crippen LogP contribution >= 0.6 is 11.6 Å². The van der Waals surface area contributed by atoms with Gasteiger partial charge in [0.25, 0.3) is 0 Å². The molecule has 0 fully saturated rings. The maximum Gasteiger partial charge on any atom is 0.193 e. The molecule has 2 aromatic carbocycles. The van der Waals surface area contributed by atoms with Crippen LogP contribution in [0.1, 0.15) is 32.6 Å². The highest BCUT2D eigenvalue weighted by molar-refractivity contribution is 6.31. The minimum absolute atomic E-state index is 0.0518. The highest BCUT2D eigenvalue weighted by atomic mass is 35.5. The van der Waals surface area contributed by atoms with Crippen LogP contribution in [0.3, 0.4) is 0 Å². The second-order valence-corrected chi connectivity index (χ2v) is 5.02. The molecule has 92 valence electrons. The van der Waals surface area contributed by atoms with E-state index in [1.165, 1.54) is 0 Å². The largest absolute Gasteiger partial charge is 0.289 e. The summed E-state index contributed by atoms with van der Waals surface area (Å²) in [6.45, 7) is 5.81. The van der Waals surface area contributed by atoms with Crippen molar-refractivity contribution < 1.29 is 4.79 Å². The first-order chi connectivity index (χ1) is 8.49. The zero-order chi connectivity index (χ0) is 13.3. The highest BCUT2D eigenvalue weighted by Gasteiger charge is 2.13. The van der Waals surface area contributed by atoms with Crippen molar-refractivity contribution in [1.29, 1.82) is 0 Å². The van der Waals surface area contributed by atoms with Crippen molar-refractivity contribution in [2.45, 2.75) is 20.8 Å². The molecule has 0 radical (unpaired) electrons. The van der Waals surface area contributed by atoms with Crippen LogP contribution in [0.25, 0.3) is 0 Å². The van der Waals surface area contributed by atoms with Crippen LogP contribution in [0.5, 0.6) is 0 Å². The molecule has 0 saturated carbocycles. The SMILES string of the molecule is Cc1cccc(C(=O)c2cc(C)c(Cl)cc2C)c1. The fourth-order valence-electron chi connectivity index (χ4n) is 1.97. The molecule has 1 nitrogen and oxygen atoms in total. The molecule has 0 amide bonds. The van der Waals surface area contributed by atoms with Crippen molar-refractivity contribution in [1.82, 2.24) is 0 Å². The minimum atomic E-state index is 0.0518. The summed E-state index contributed by atoms with van der Waals surface area (Å²) >= 11 is 6.05. The molecule has 0 unspecified atom stereocenters. The zero-order valence-electron chi connectivity index (χ0n) is 10.8. The number of ketones is 1.